The zero-order valence-corrected chi connectivity index (χ0v) is 10.8. The molecule has 2 heterocycles. The molecule has 3 nitrogen and oxygen atoms in total. The third-order valence-corrected chi connectivity index (χ3v) is 4.04. The molecular weight excluding hydrogens is 200 g/mol. The van der Waals surface area contributed by atoms with Gasteiger partial charge in [0.25, 0.3) is 0 Å². The van der Waals surface area contributed by atoms with Gasteiger partial charge in [0, 0.05) is 13.1 Å². The molecule has 0 bridgehead atoms. The lowest BCUT2D eigenvalue weighted by Gasteiger charge is -2.33. The summed E-state index contributed by atoms with van der Waals surface area (Å²) in [6, 6.07) is 0. The number of likely N-dealkylation sites (tertiary alicyclic amines) is 1. The van der Waals surface area contributed by atoms with Crippen LogP contribution in [0, 0.1) is 5.41 Å². The molecule has 0 saturated carbocycles. The molecule has 2 aliphatic heterocycles. The summed E-state index contributed by atoms with van der Waals surface area (Å²) < 4.78 is 5.63. The fourth-order valence-electron chi connectivity index (χ4n) is 3.00. The molecule has 2 aliphatic rings. The van der Waals surface area contributed by atoms with E-state index in [9.17, 15) is 0 Å². The molecule has 0 aromatic carbocycles. The Morgan fingerprint density at radius 2 is 2.00 bits per heavy atom. The van der Waals surface area contributed by atoms with E-state index in [2.05, 4.69) is 24.1 Å². The lowest BCUT2D eigenvalue weighted by Crippen LogP contribution is -2.39. The van der Waals surface area contributed by atoms with E-state index in [-0.39, 0.29) is 0 Å². The first-order valence-corrected chi connectivity index (χ1v) is 6.75. The second-order valence-corrected chi connectivity index (χ2v) is 5.70. The topological polar surface area (TPSA) is 24.5 Å². The zero-order chi connectivity index (χ0) is 11.4. The van der Waals surface area contributed by atoms with Crippen LogP contribution in [-0.2, 0) is 4.74 Å². The summed E-state index contributed by atoms with van der Waals surface area (Å²) in [7, 11) is 0. The SMILES string of the molecule is CC(C)OCCN1CCC2(CCNCC2)C1. The van der Waals surface area contributed by atoms with Crippen molar-refractivity contribution in [2.45, 2.75) is 39.2 Å². The van der Waals surface area contributed by atoms with Crippen LogP contribution in [0.3, 0.4) is 0 Å². The van der Waals surface area contributed by atoms with Crippen molar-refractivity contribution in [1.29, 1.82) is 0 Å². The molecule has 0 atom stereocenters. The first-order chi connectivity index (χ1) is 7.70. The van der Waals surface area contributed by atoms with Crippen molar-refractivity contribution >= 4 is 0 Å². The number of nitrogens with zero attached hydrogens (tertiary/aromatic N) is 1. The fraction of sp³-hybridized carbons (Fsp3) is 1.00. The van der Waals surface area contributed by atoms with Gasteiger partial charge in [-0.3, -0.25) is 0 Å². The number of piperidine rings is 1. The van der Waals surface area contributed by atoms with Gasteiger partial charge in [-0.25, -0.2) is 0 Å². The highest BCUT2D eigenvalue weighted by Crippen LogP contribution is 2.38. The van der Waals surface area contributed by atoms with Gasteiger partial charge in [-0.1, -0.05) is 0 Å². The van der Waals surface area contributed by atoms with Crippen LogP contribution in [0.5, 0.6) is 0 Å². The summed E-state index contributed by atoms with van der Waals surface area (Å²) >= 11 is 0. The largest absolute Gasteiger partial charge is 0.377 e. The van der Waals surface area contributed by atoms with E-state index in [1.54, 1.807) is 0 Å². The molecule has 0 aromatic rings. The molecule has 0 radical (unpaired) electrons. The maximum absolute atomic E-state index is 5.63. The van der Waals surface area contributed by atoms with Crippen LogP contribution < -0.4 is 5.32 Å². The molecular formula is C13H26N2O. The first kappa shape index (κ1) is 12.3. The van der Waals surface area contributed by atoms with Gasteiger partial charge < -0.3 is 15.0 Å². The minimum absolute atomic E-state index is 0.371. The lowest BCUT2D eigenvalue weighted by atomic mass is 9.78. The molecule has 2 saturated heterocycles. The van der Waals surface area contributed by atoms with E-state index in [0.29, 0.717) is 11.5 Å². The summed E-state index contributed by atoms with van der Waals surface area (Å²) in [5, 5.41) is 3.47. The Hall–Kier alpha value is -0.120. The van der Waals surface area contributed by atoms with E-state index >= 15 is 0 Å². The summed E-state index contributed by atoms with van der Waals surface area (Å²) in [5.74, 6) is 0. The first-order valence-electron chi connectivity index (χ1n) is 6.75. The molecule has 2 rings (SSSR count). The summed E-state index contributed by atoms with van der Waals surface area (Å²) in [6.07, 6.45) is 4.51. The van der Waals surface area contributed by atoms with Crippen LogP contribution in [0.4, 0.5) is 0 Å². The number of rotatable bonds is 4. The third-order valence-electron chi connectivity index (χ3n) is 4.04. The molecule has 3 heteroatoms. The Labute approximate surface area is 99.5 Å². The quantitative estimate of drug-likeness (QED) is 0.786. The van der Waals surface area contributed by atoms with Gasteiger partial charge in [0.2, 0.25) is 0 Å². The van der Waals surface area contributed by atoms with Crippen LogP contribution in [0.1, 0.15) is 33.1 Å². The molecule has 1 N–H and O–H groups in total. The van der Waals surface area contributed by atoms with Gasteiger partial charge in [0.1, 0.15) is 0 Å². The molecule has 1 spiro atoms. The van der Waals surface area contributed by atoms with Crippen molar-refractivity contribution in [3.8, 4) is 0 Å². The average molecular weight is 226 g/mol. The summed E-state index contributed by atoms with van der Waals surface area (Å²) in [6.45, 7) is 11.3. The highest BCUT2D eigenvalue weighted by Gasteiger charge is 2.38. The highest BCUT2D eigenvalue weighted by molar-refractivity contribution is 4.92. The van der Waals surface area contributed by atoms with E-state index in [4.69, 9.17) is 4.74 Å². The van der Waals surface area contributed by atoms with E-state index < -0.39 is 0 Å². The molecule has 0 aliphatic carbocycles. The van der Waals surface area contributed by atoms with E-state index in [1.807, 2.05) is 0 Å². The average Bonchev–Trinajstić information content (AvgIpc) is 2.62. The highest BCUT2D eigenvalue weighted by atomic mass is 16.5. The van der Waals surface area contributed by atoms with Crippen LogP contribution in [0.25, 0.3) is 0 Å². The van der Waals surface area contributed by atoms with Crippen molar-refractivity contribution < 1.29 is 4.74 Å². The van der Waals surface area contributed by atoms with E-state index in [0.717, 1.165) is 13.2 Å². The predicted molar refractivity (Wildman–Crippen MR) is 66.7 cm³/mol. The second kappa shape index (κ2) is 5.48. The number of hydrogen-bond donors (Lipinski definition) is 1. The number of hydrogen-bond acceptors (Lipinski definition) is 3. The third kappa shape index (κ3) is 3.19. The summed E-state index contributed by atoms with van der Waals surface area (Å²) in [4.78, 5) is 2.59. The lowest BCUT2D eigenvalue weighted by molar-refractivity contribution is 0.0602. The Kier molecular flexibility index (Phi) is 4.22. The van der Waals surface area contributed by atoms with Crippen LogP contribution in [-0.4, -0.2) is 50.3 Å². The van der Waals surface area contributed by atoms with Crippen LogP contribution >= 0.6 is 0 Å². The van der Waals surface area contributed by atoms with Crippen molar-refractivity contribution in [1.82, 2.24) is 10.2 Å². The maximum Gasteiger partial charge on any atom is 0.0596 e. The minimum atomic E-state index is 0.371. The van der Waals surface area contributed by atoms with Gasteiger partial charge in [-0.05, 0) is 58.2 Å². The maximum atomic E-state index is 5.63. The predicted octanol–water partition coefficient (Wildman–Crippen LogP) is 1.49. The van der Waals surface area contributed by atoms with Crippen molar-refractivity contribution in [3.63, 3.8) is 0 Å². The number of ether oxygens (including phenoxy) is 1. The Bertz CT molecular complexity index is 212. The molecule has 0 amide bonds. The second-order valence-electron chi connectivity index (χ2n) is 5.70. The normalized spacial score (nSPS) is 25.7. The van der Waals surface area contributed by atoms with Crippen LogP contribution in [0.2, 0.25) is 0 Å². The smallest absolute Gasteiger partial charge is 0.0596 e. The van der Waals surface area contributed by atoms with Crippen LogP contribution in [0.15, 0.2) is 0 Å². The molecule has 0 aromatic heterocycles. The molecule has 16 heavy (non-hydrogen) atoms. The fourth-order valence-corrected chi connectivity index (χ4v) is 3.00. The Balaban J connectivity index is 1.70. The minimum Gasteiger partial charge on any atom is -0.377 e. The molecule has 2 fully saturated rings. The van der Waals surface area contributed by atoms with Crippen molar-refractivity contribution in [3.05, 3.63) is 0 Å². The molecule has 94 valence electrons. The van der Waals surface area contributed by atoms with Crippen molar-refractivity contribution in [2.75, 3.05) is 39.3 Å². The zero-order valence-electron chi connectivity index (χ0n) is 10.8. The Morgan fingerprint density at radius 1 is 1.25 bits per heavy atom. The van der Waals surface area contributed by atoms with Gasteiger partial charge >= 0.3 is 0 Å². The van der Waals surface area contributed by atoms with Gasteiger partial charge in [0.05, 0.1) is 12.7 Å². The standard InChI is InChI=1S/C13H26N2O/c1-12(2)16-10-9-15-8-5-13(11-15)3-6-14-7-4-13/h12,14H,3-11H2,1-2H3. The molecule has 0 unspecified atom stereocenters. The number of nitrogens with one attached hydrogen (secondary N) is 1. The van der Waals surface area contributed by atoms with Gasteiger partial charge in [-0.15, -0.1) is 0 Å². The Morgan fingerprint density at radius 3 is 2.69 bits per heavy atom. The van der Waals surface area contributed by atoms with E-state index in [1.165, 1.54) is 45.4 Å². The van der Waals surface area contributed by atoms with Gasteiger partial charge in [0.15, 0.2) is 0 Å². The van der Waals surface area contributed by atoms with Gasteiger partial charge in [-0.2, -0.15) is 0 Å². The summed E-state index contributed by atoms with van der Waals surface area (Å²) in [5.41, 5.74) is 0.642. The monoisotopic (exact) mass is 226 g/mol. The van der Waals surface area contributed by atoms with Crippen molar-refractivity contribution in [2.24, 2.45) is 5.41 Å².